The minimum absolute atomic E-state index is 0.176. The first-order valence-corrected chi connectivity index (χ1v) is 7.67. The minimum Gasteiger partial charge on any atom is -0.465 e. The van der Waals surface area contributed by atoms with Crippen LogP contribution in [0.5, 0.6) is 0 Å². The Morgan fingerprint density at radius 1 is 1.17 bits per heavy atom. The van der Waals surface area contributed by atoms with Crippen LogP contribution in [0.4, 0.5) is 5.69 Å². The van der Waals surface area contributed by atoms with Crippen LogP contribution in [0.2, 0.25) is 0 Å². The second-order valence-corrected chi connectivity index (χ2v) is 5.12. The van der Waals surface area contributed by atoms with Crippen molar-refractivity contribution >= 4 is 11.7 Å². The Kier molecular flexibility index (Phi) is 6.19. The first-order valence-electron chi connectivity index (χ1n) is 7.67. The molecule has 2 aromatic carbocycles. The molecule has 0 saturated heterocycles. The number of nitriles is 1. The Morgan fingerprint density at radius 3 is 2.65 bits per heavy atom. The van der Waals surface area contributed by atoms with Crippen molar-refractivity contribution in [3.05, 3.63) is 65.7 Å². The summed E-state index contributed by atoms with van der Waals surface area (Å²) in [5.74, 6) is -0.261. The van der Waals surface area contributed by atoms with E-state index in [1.165, 1.54) is 5.56 Å². The Balaban J connectivity index is 2.13. The van der Waals surface area contributed by atoms with Crippen molar-refractivity contribution in [3.8, 4) is 6.07 Å². The summed E-state index contributed by atoms with van der Waals surface area (Å²) in [6.07, 6.45) is 0.816. The van der Waals surface area contributed by atoms with Crippen LogP contribution >= 0.6 is 0 Å². The molecule has 0 amide bonds. The molecule has 0 N–H and O–H groups in total. The number of esters is 1. The topological polar surface area (TPSA) is 53.3 Å². The molecule has 0 atom stereocenters. The zero-order chi connectivity index (χ0) is 16.5. The van der Waals surface area contributed by atoms with E-state index in [1.807, 2.05) is 35.2 Å². The van der Waals surface area contributed by atoms with E-state index in [9.17, 15) is 4.79 Å². The van der Waals surface area contributed by atoms with Crippen molar-refractivity contribution in [2.24, 2.45) is 0 Å². The maximum atomic E-state index is 11.9. The molecule has 4 heteroatoms. The third kappa shape index (κ3) is 5.15. The number of carbonyl (C=O) groups is 1. The summed E-state index contributed by atoms with van der Waals surface area (Å²) in [5.41, 5.74) is 2.64. The molecule has 118 valence electrons. The molecule has 23 heavy (non-hydrogen) atoms. The standard InChI is InChI=1S/C19H20N2O2/c1-2-23-19(22)15-21(12-11-16-7-4-3-5-8-16)18-10-6-9-17(13-18)14-20/h3-10,13H,2,11-12,15H2,1H3. The summed E-state index contributed by atoms with van der Waals surface area (Å²) in [6, 6.07) is 19.5. The van der Waals surface area contributed by atoms with Crippen LogP contribution in [0.15, 0.2) is 54.6 Å². The van der Waals surface area contributed by atoms with E-state index < -0.39 is 0 Å². The summed E-state index contributed by atoms with van der Waals surface area (Å²) in [7, 11) is 0. The highest BCUT2D eigenvalue weighted by Gasteiger charge is 2.13. The lowest BCUT2D eigenvalue weighted by atomic mass is 10.1. The van der Waals surface area contributed by atoms with Crippen LogP contribution in [0, 0.1) is 11.3 Å². The SMILES string of the molecule is CCOC(=O)CN(CCc1ccccc1)c1cccc(C#N)c1. The number of hydrogen-bond acceptors (Lipinski definition) is 4. The summed E-state index contributed by atoms with van der Waals surface area (Å²) >= 11 is 0. The number of hydrogen-bond donors (Lipinski definition) is 0. The third-order valence-corrected chi connectivity index (χ3v) is 3.48. The predicted octanol–water partition coefficient (Wildman–Crippen LogP) is 3.17. The van der Waals surface area contributed by atoms with Gasteiger partial charge in [-0.25, -0.2) is 0 Å². The second-order valence-electron chi connectivity index (χ2n) is 5.12. The summed E-state index contributed by atoms with van der Waals surface area (Å²) in [4.78, 5) is 13.8. The van der Waals surface area contributed by atoms with Gasteiger partial charge in [0.15, 0.2) is 0 Å². The van der Waals surface area contributed by atoms with Crippen LogP contribution in [-0.4, -0.2) is 25.7 Å². The van der Waals surface area contributed by atoms with Crippen LogP contribution in [0.3, 0.4) is 0 Å². The maximum absolute atomic E-state index is 11.9. The summed E-state index contributed by atoms with van der Waals surface area (Å²) in [5, 5.41) is 9.06. The molecular formula is C19H20N2O2. The fourth-order valence-corrected chi connectivity index (χ4v) is 2.34. The van der Waals surface area contributed by atoms with Gasteiger partial charge in [0.05, 0.1) is 18.2 Å². The van der Waals surface area contributed by atoms with Gasteiger partial charge in [0, 0.05) is 12.2 Å². The molecule has 2 aromatic rings. The van der Waals surface area contributed by atoms with Gasteiger partial charge >= 0.3 is 5.97 Å². The Bertz CT molecular complexity index is 677. The fourth-order valence-electron chi connectivity index (χ4n) is 2.34. The van der Waals surface area contributed by atoms with Crippen LogP contribution < -0.4 is 4.90 Å². The smallest absolute Gasteiger partial charge is 0.325 e. The van der Waals surface area contributed by atoms with Gasteiger partial charge < -0.3 is 9.64 Å². The lowest BCUT2D eigenvalue weighted by Gasteiger charge is -2.24. The second kappa shape index (κ2) is 8.60. The average molecular weight is 308 g/mol. The number of ether oxygens (including phenoxy) is 1. The highest BCUT2D eigenvalue weighted by molar-refractivity contribution is 5.76. The van der Waals surface area contributed by atoms with E-state index in [-0.39, 0.29) is 12.5 Å². The molecule has 0 aliphatic rings. The van der Waals surface area contributed by atoms with Gasteiger partial charge in [-0.1, -0.05) is 36.4 Å². The summed E-state index contributed by atoms with van der Waals surface area (Å²) in [6.45, 7) is 3.01. The highest BCUT2D eigenvalue weighted by Crippen LogP contribution is 2.17. The number of carbonyl (C=O) groups excluding carboxylic acids is 1. The molecule has 0 saturated carbocycles. The van der Waals surface area contributed by atoms with Gasteiger partial charge in [0.2, 0.25) is 0 Å². The molecular weight excluding hydrogens is 288 g/mol. The van der Waals surface area contributed by atoms with Crippen molar-refractivity contribution in [3.63, 3.8) is 0 Å². The molecule has 0 spiro atoms. The zero-order valence-electron chi connectivity index (χ0n) is 13.2. The van der Waals surface area contributed by atoms with Gasteiger partial charge in [-0.05, 0) is 37.1 Å². The number of anilines is 1. The van der Waals surface area contributed by atoms with E-state index in [1.54, 1.807) is 19.1 Å². The zero-order valence-corrected chi connectivity index (χ0v) is 13.2. The molecule has 0 fully saturated rings. The van der Waals surface area contributed by atoms with Crippen molar-refractivity contribution in [1.82, 2.24) is 0 Å². The van der Waals surface area contributed by atoms with Crippen molar-refractivity contribution in [2.45, 2.75) is 13.3 Å². The Labute approximate surface area is 136 Å². The van der Waals surface area contributed by atoms with Crippen molar-refractivity contribution in [1.29, 1.82) is 5.26 Å². The van der Waals surface area contributed by atoms with Crippen LogP contribution in [0.1, 0.15) is 18.1 Å². The van der Waals surface area contributed by atoms with E-state index in [2.05, 4.69) is 18.2 Å². The largest absolute Gasteiger partial charge is 0.465 e. The van der Waals surface area contributed by atoms with Gasteiger partial charge in [-0.3, -0.25) is 4.79 Å². The lowest BCUT2D eigenvalue weighted by molar-refractivity contribution is -0.141. The molecule has 0 bridgehead atoms. The van der Waals surface area contributed by atoms with E-state index in [4.69, 9.17) is 10.00 Å². The third-order valence-electron chi connectivity index (χ3n) is 3.48. The van der Waals surface area contributed by atoms with Gasteiger partial charge in [0.1, 0.15) is 6.54 Å². The maximum Gasteiger partial charge on any atom is 0.325 e. The number of nitrogens with zero attached hydrogens (tertiary/aromatic N) is 2. The molecule has 2 rings (SSSR count). The predicted molar refractivity (Wildman–Crippen MR) is 90.1 cm³/mol. The van der Waals surface area contributed by atoms with Crippen LogP contribution in [-0.2, 0) is 16.0 Å². The lowest BCUT2D eigenvalue weighted by Crippen LogP contribution is -2.32. The first kappa shape index (κ1) is 16.6. The molecule has 0 aliphatic heterocycles. The molecule has 0 aliphatic carbocycles. The monoisotopic (exact) mass is 308 g/mol. The van der Waals surface area contributed by atoms with E-state index >= 15 is 0 Å². The number of benzene rings is 2. The fraction of sp³-hybridized carbons (Fsp3) is 0.263. The van der Waals surface area contributed by atoms with E-state index in [0.717, 1.165) is 12.1 Å². The van der Waals surface area contributed by atoms with Crippen LogP contribution in [0.25, 0.3) is 0 Å². The quantitative estimate of drug-likeness (QED) is 0.737. The molecule has 0 heterocycles. The van der Waals surface area contributed by atoms with Gasteiger partial charge in [-0.2, -0.15) is 5.26 Å². The minimum atomic E-state index is -0.261. The molecule has 0 unspecified atom stereocenters. The summed E-state index contributed by atoms with van der Waals surface area (Å²) < 4.78 is 5.06. The molecule has 0 aromatic heterocycles. The Hall–Kier alpha value is -2.80. The Morgan fingerprint density at radius 2 is 1.96 bits per heavy atom. The highest BCUT2D eigenvalue weighted by atomic mass is 16.5. The average Bonchev–Trinajstić information content (AvgIpc) is 2.59. The van der Waals surface area contributed by atoms with Gasteiger partial charge in [-0.15, -0.1) is 0 Å². The van der Waals surface area contributed by atoms with Crippen molar-refractivity contribution < 1.29 is 9.53 Å². The van der Waals surface area contributed by atoms with E-state index in [0.29, 0.717) is 18.7 Å². The molecule has 4 nitrogen and oxygen atoms in total. The van der Waals surface area contributed by atoms with Gasteiger partial charge in [0.25, 0.3) is 0 Å². The number of rotatable bonds is 7. The first-order chi connectivity index (χ1) is 11.2. The normalized spacial score (nSPS) is 9.91. The van der Waals surface area contributed by atoms with Crippen molar-refractivity contribution in [2.75, 3.05) is 24.6 Å². The molecule has 0 radical (unpaired) electrons.